The average Bonchev–Trinajstić information content (AvgIpc) is 3.58. The number of rotatable bonds is 4. The summed E-state index contributed by atoms with van der Waals surface area (Å²) in [7, 11) is -0.659. The number of nitrogens with two attached hydrogens (primary N) is 1. The summed E-state index contributed by atoms with van der Waals surface area (Å²) in [6.45, 7) is 16.3. The highest BCUT2D eigenvalue weighted by atomic mass is 16.7. The number of anilines is 2. The summed E-state index contributed by atoms with van der Waals surface area (Å²) in [4.78, 5) is 11.7. The van der Waals surface area contributed by atoms with Gasteiger partial charge in [0.25, 0.3) is 0 Å². The van der Waals surface area contributed by atoms with E-state index in [9.17, 15) is 4.79 Å². The van der Waals surface area contributed by atoms with Gasteiger partial charge in [-0.2, -0.15) is 0 Å². The van der Waals surface area contributed by atoms with Crippen LogP contribution >= 0.6 is 0 Å². The van der Waals surface area contributed by atoms with Gasteiger partial charge in [0.15, 0.2) is 0 Å². The Balaban J connectivity index is 0.000000180. The highest BCUT2D eigenvalue weighted by molar-refractivity contribution is 6.62. The first-order chi connectivity index (χ1) is 17.1. The lowest BCUT2D eigenvalue weighted by molar-refractivity contribution is -0.117. The van der Waals surface area contributed by atoms with E-state index in [0.29, 0.717) is 0 Å². The molecule has 9 heteroatoms. The van der Waals surface area contributed by atoms with E-state index in [1.165, 1.54) is 0 Å². The van der Waals surface area contributed by atoms with Crippen molar-refractivity contribution in [1.82, 2.24) is 0 Å². The molecule has 3 N–H and O–H groups in total. The summed E-state index contributed by atoms with van der Waals surface area (Å²) in [6.07, 6.45) is 2.02. The van der Waals surface area contributed by atoms with Crippen molar-refractivity contribution in [2.75, 3.05) is 11.1 Å². The molecule has 7 nitrogen and oxygen atoms in total. The van der Waals surface area contributed by atoms with Crippen LogP contribution in [0.25, 0.3) is 0 Å². The van der Waals surface area contributed by atoms with Crippen LogP contribution in [0.4, 0.5) is 11.4 Å². The molecule has 2 aliphatic heterocycles. The number of nitrogens with one attached hydrogen (secondary N) is 1. The highest BCUT2D eigenvalue weighted by Gasteiger charge is 2.52. The van der Waals surface area contributed by atoms with Crippen LogP contribution in [-0.2, 0) is 23.4 Å². The van der Waals surface area contributed by atoms with Crippen molar-refractivity contribution in [2.45, 2.75) is 90.6 Å². The molecule has 0 atom stereocenters. The minimum absolute atomic E-state index is 0.124. The first-order valence-corrected chi connectivity index (χ1v) is 13.1. The third-order valence-electron chi connectivity index (χ3n) is 8.11. The largest absolute Gasteiger partial charge is 0.494 e. The molecular formula is C28H40B2N2O5. The Labute approximate surface area is 222 Å². The Morgan fingerprint density at radius 2 is 1.05 bits per heavy atom. The molecule has 3 fully saturated rings. The Morgan fingerprint density at radius 3 is 1.41 bits per heavy atom. The molecule has 1 saturated carbocycles. The third kappa shape index (κ3) is 6.06. The molecule has 0 bridgehead atoms. The van der Waals surface area contributed by atoms with E-state index in [1.807, 2.05) is 104 Å². The molecule has 2 saturated heterocycles. The molecule has 1 amide bonds. The smallest absolute Gasteiger partial charge is 0.399 e. The molecule has 0 aromatic heterocycles. The lowest BCUT2D eigenvalue weighted by Gasteiger charge is -2.32. The Kier molecular flexibility index (Phi) is 7.32. The van der Waals surface area contributed by atoms with Crippen LogP contribution in [-0.4, -0.2) is 42.5 Å². The number of hydrogen-bond donors (Lipinski definition) is 2. The van der Waals surface area contributed by atoms with Crippen LogP contribution in [0.3, 0.4) is 0 Å². The van der Waals surface area contributed by atoms with Crippen molar-refractivity contribution >= 4 is 42.4 Å². The molecule has 37 heavy (non-hydrogen) atoms. The fourth-order valence-corrected chi connectivity index (χ4v) is 3.92. The van der Waals surface area contributed by atoms with Gasteiger partial charge >= 0.3 is 14.2 Å². The maximum absolute atomic E-state index is 11.7. The molecule has 198 valence electrons. The number of carbonyl (C=O) groups is 1. The number of carbonyl (C=O) groups excluding carboxylic acids is 1. The summed E-state index contributed by atoms with van der Waals surface area (Å²) >= 11 is 0. The van der Waals surface area contributed by atoms with Crippen LogP contribution in [0, 0.1) is 5.92 Å². The highest BCUT2D eigenvalue weighted by Crippen LogP contribution is 2.37. The van der Waals surface area contributed by atoms with Crippen molar-refractivity contribution < 1.29 is 23.4 Å². The van der Waals surface area contributed by atoms with Gasteiger partial charge in [-0.15, -0.1) is 0 Å². The Hall–Kier alpha value is -2.32. The summed E-state index contributed by atoms with van der Waals surface area (Å²) in [5.41, 5.74) is 7.95. The SMILES string of the molecule is CC1(C)OB(c2ccc(N)cc2)OC1(C)C.CC1(C)OB(c2ccc(NC(=O)C3CC3)cc2)OC1(C)C. The van der Waals surface area contributed by atoms with E-state index in [-0.39, 0.29) is 48.5 Å². The lowest BCUT2D eigenvalue weighted by atomic mass is 9.79. The van der Waals surface area contributed by atoms with E-state index >= 15 is 0 Å². The van der Waals surface area contributed by atoms with E-state index in [1.54, 1.807) is 0 Å². The van der Waals surface area contributed by atoms with Gasteiger partial charge in [0, 0.05) is 17.3 Å². The zero-order chi connectivity index (χ0) is 27.2. The zero-order valence-corrected chi connectivity index (χ0v) is 23.4. The van der Waals surface area contributed by atoms with Gasteiger partial charge in [-0.1, -0.05) is 24.3 Å². The lowest BCUT2D eigenvalue weighted by Crippen LogP contribution is -2.41. The van der Waals surface area contributed by atoms with Crippen molar-refractivity contribution in [2.24, 2.45) is 5.92 Å². The molecule has 0 radical (unpaired) electrons. The average molecular weight is 506 g/mol. The first-order valence-electron chi connectivity index (χ1n) is 13.1. The summed E-state index contributed by atoms with van der Waals surface area (Å²) in [6, 6.07) is 15.3. The minimum Gasteiger partial charge on any atom is -0.399 e. The molecule has 5 rings (SSSR count). The van der Waals surface area contributed by atoms with E-state index in [0.717, 1.165) is 35.1 Å². The van der Waals surface area contributed by atoms with Gasteiger partial charge in [-0.25, -0.2) is 0 Å². The molecule has 2 aromatic rings. The van der Waals surface area contributed by atoms with Crippen molar-refractivity contribution in [3.05, 3.63) is 48.5 Å². The number of nitrogen functional groups attached to an aromatic ring is 1. The van der Waals surface area contributed by atoms with Gasteiger partial charge in [0.05, 0.1) is 22.4 Å². The molecule has 3 aliphatic rings. The van der Waals surface area contributed by atoms with E-state index in [2.05, 4.69) is 5.32 Å². The second-order valence-corrected chi connectivity index (χ2v) is 12.2. The van der Waals surface area contributed by atoms with Crippen molar-refractivity contribution in [3.8, 4) is 0 Å². The monoisotopic (exact) mass is 506 g/mol. The van der Waals surface area contributed by atoms with Crippen LogP contribution in [0.1, 0.15) is 68.2 Å². The predicted octanol–water partition coefficient (Wildman–Crippen LogP) is 3.90. The zero-order valence-electron chi connectivity index (χ0n) is 23.4. The van der Waals surface area contributed by atoms with Crippen LogP contribution < -0.4 is 22.0 Å². The minimum atomic E-state index is -0.358. The maximum atomic E-state index is 11.7. The molecule has 2 aromatic carbocycles. The number of benzene rings is 2. The normalized spacial score (nSPS) is 22.8. The van der Waals surface area contributed by atoms with E-state index in [4.69, 9.17) is 24.4 Å². The summed E-state index contributed by atoms with van der Waals surface area (Å²) in [5, 5.41) is 2.93. The number of amides is 1. The quantitative estimate of drug-likeness (QED) is 0.483. The van der Waals surface area contributed by atoms with Crippen LogP contribution in [0.5, 0.6) is 0 Å². The first kappa shape index (κ1) is 27.7. The van der Waals surface area contributed by atoms with Crippen molar-refractivity contribution in [3.63, 3.8) is 0 Å². The van der Waals surface area contributed by atoms with Crippen LogP contribution in [0.2, 0.25) is 0 Å². The van der Waals surface area contributed by atoms with Gasteiger partial charge < -0.3 is 29.7 Å². The third-order valence-corrected chi connectivity index (χ3v) is 8.11. The predicted molar refractivity (Wildman–Crippen MR) is 150 cm³/mol. The fourth-order valence-electron chi connectivity index (χ4n) is 3.92. The van der Waals surface area contributed by atoms with Gasteiger partial charge in [-0.05, 0) is 103 Å². The summed E-state index contributed by atoms with van der Waals surface area (Å²) in [5.74, 6) is 0.339. The molecule has 1 aliphatic carbocycles. The van der Waals surface area contributed by atoms with Gasteiger partial charge in [-0.3, -0.25) is 4.79 Å². The molecular weight excluding hydrogens is 466 g/mol. The molecule has 0 spiro atoms. The van der Waals surface area contributed by atoms with E-state index < -0.39 is 0 Å². The Morgan fingerprint density at radius 1 is 0.703 bits per heavy atom. The topological polar surface area (TPSA) is 92.0 Å². The second-order valence-electron chi connectivity index (χ2n) is 12.2. The standard InChI is InChI=1S/C16H22BNO3.C12H18BNO2/c1-15(2)16(3,4)21-17(20-15)12-7-9-13(10-8-12)18-14(19)11-5-6-11;1-11(2)12(3,4)16-13(15-11)9-5-7-10(14)8-6-9/h7-11H,5-6H2,1-4H3,(H,18,19);5-8H,14H2,1-4H3. The second kappa shape index (κ2) is 9.77. The fraction of sp³-hybridized carbons (Fsp3) is 0.536. The Bertz CT molecular complexity index is 1080. The summed E-state index contributed by atoms with van der Waals surface area (Å²) < 4.78 is 23.9. The number of hydrogen-bond acceptors (Lipinski definition) is 6. The maximum Gasteiger partial charge on any atom is 0.494 e. The molecule has 0 unspecified atom stereocenters. The van der Waals surface area contributed by atoms with Crippen molar-refractivity contribution in [1.29, 1.82) is 0 Å². The molecule has 2 heterocycles. The van der Waals surface area contributed by atoms with Gasteiger partial charge in [0.1, 0.15) is 0 Å². The van der Waals surface area contributed by atoms with Crippen LogP contribution in [0.15, 0.2) is 48.5 Å². The van der Waals surface area contributed by atoms with Gasteiger partial charge in [0.2, 0.25) is 5.91 Å².